The van der Waals surface area contributed by atoms with Gasteiger partial charge in [0, 0.05) is 6.54 Å². The zero-order valence-electron chi connectivity index (χ0n) is 12.8. The molecule has 0 atom stereocenters. The minimum atomic E-state index is -0.187. The van der Waals surface area contributed by atoms with Gasteiger partial charge in [0.05, 0.1) is 15.6 Å². The number of carbonyl (C=O) groups is 1. The normalized spacial score (nSPS) is 10.6. The number of benzene rings is 1. The summed E-state index contributed by atoms with van der Waals surface area (Å²) in [7, 11) is 0. The van der Waals surface area contributed by atoms with Gasteiger partial charge in [-0.25, -0.2) is 0 Å². The molecule has 118 valence electrons. The van der Waals surface area contributed by atoms with Gasteiger partial charge in [0.15, 0.2) is 0 Å². The average molecular weight is 330 g/mol. The van der Waals surface area contributed by atoms with Crippen molar-refractivity contribution < 1.29 is 4.79 Å². The lowest BCUT2D eigenvalue weighted by Crippen LogP contribution is -2.25. The lowest BCUT2D eigenvalue weighted by molar-refractivity contribution is 0.0953. The van der Waals surface area contributed by atoms with Crippen LogP contribution in [0, 0.1) is 0 Å². The highest BCUT2D eigenvalue weighted by Crippen LogP contribution is 2.23. The van der Waals surface area contributed by atoms with E-state index in [1.54, 1.807) is 18.2 Å². The summed E-state index contributed by atoms with van der Waals surface area (Å²) in [4.78, 5) is 12.0. The van der Waals surface area contributed by atoms with Gasteiger partial charge < -0.3 is 5.32 Å². The molecule has 1 amide bonds. The van der Waals surface area contributed by atoms with E-state index in [9.17, 15) is 4.79 Å². The van der Waals surface area contributed by atoms with Gasteiger partial charge in [0.2, 0.25) is 0 Å². The minimum Gasteiger partial charge on any atom is -0.352 e. The van der Waals surface area contributed by atoms with Gasteiger partial charge in [0.1, 0.15) is 0 Å². The molecule has 0 aliphatic carbocycles. The molecular formula is C17H25Cl2NO. The molecule has 0 aliphatic heterocycles. The molecule has 0 saturated carbocycles. The van der Waals surface area contributed by atoms with Crippen LogP contribution in [0.3, 0.4) is 0 Å². The molecule has 0 spiro atoms. The third-order valence-electron chi connectivity index (χ3n) is 3.51. The van der Waals surface area contributed by atoms with E-state index in [-0.39, 0.29) is 5.91 Å². The molecule has 1 N–H and O–H groups in total. The zero-order valence-corrected chi connectivity index (χ0v) is 14.3. The maximum Gasteiger partial charge on any atom is 0.254 e. The molecule has 0 heterocycles. The van der Waals surface area contributed by atoms with E-state index < -0.39 is 0 Å². The van der Waals surface area contributed by atoms with Gasteiger partial charge >= 0.3 is 0 Å². The Morgan fingerprint density at radius 3 is 2.05 bits per heavy atom. The van der Waals surface area contributed by atoms with Crippen molar-refractivity contribution in [2.75, 3.05) is 6.54 Å². The van der Waals surface area contributed by atoms with Crippen LogP contribution < -0.4 is 5.32 Å². The first kappa shape index (κ1) is 18.3. The van der Waals surface area contributed by atoms with Crippen molar-refractivity contribution in [2.45, 2.75) is 58.3 Å². The summed E-state index contributed by atoms with van der Waals surface area (Å²) in [5.74, 6) is -0.187. The smallest absolute Gasteiger partial charge is 0.254 e. The summed E-state index contributed by atoms with van der Waals surface area (Å²) in [6.45, 7) is 2.91. The third-order valence-corrected chi connectivity index (χ3v) is 4.14. The van der Waals surface area contributed by atoms with Crippen LogP contribution in [0.25, 0.3) is 0 Å². The van der Waals surface area contributed by atoms with E-state index in [0.717, 1.165) is 12.8 Å². The van der Waals surface area contributed by atoms with E-state index in [1.165, 1.54) is 38.5 Å². The van der Waals surface area contributed by atoms with Crippen LogP contribution in [0.1, 0.15) is 68.6 Å². The molecule has 1 aromatic rings. The zero-order chi connectivity index (χ0) is 15.5. The molecule has 0 radical (unpaired) electrons. The fourth-order valence-corrected chi connectivity index (χ4v) is 2.83. The van der Waals surface area contributed by atoms with Crippen LogP contribution >= 0.6 is 23.2 Å². The molecule has 0 aliphatic rings. The molecule has 0 fully saturated rings. The predicted molar refractivity (Wildman–Crippen MR) is 91.4 cm³/mol. The number of hydrogen-bond acceptors (Lipinski definition) is 1. The van der Waals surface area contributed by atoms with Crippen molar-refractivity contribution >= 4 is 29.1 Å². The number of rotatable bonds is 10. The minimum absolute atomic E-state index is 0.187. The molecule has 21 heavy (non-hydrogen) atoms. The SMILES string of the molecule is CCCCCCCCCCNC(=O)c1c(Cl)cccc1Cl. The standard InChI is InChI=1S/C17H25Cl2NO/c1-2-3-4-5-6-7-8-9-13-20-17(21)16-14(18)11-10-12-15(16)19/h10-12H,2-9,13H2,1H3,(H,20,21). The lowest BCUT2D eigenvalue weighted by Gasteiger charge is -2.08. The first-order chi connectivity index (χ1) is 10.2. The average Bonchev–Trinajstić information content (AvgIpc) is 2.45. The number of amides is 1. The van der Waals surface area contributed by atoms with Crippen molar-refractivity contribution in [1.82, 2.24) is 5.32 Å². The molecule has 2 nitrogen and oxygen atoms in total. The van der Waals surface area contributed by atoms with Crippen LogP contribution in [-0.4, -0.2) is 12.5 Å². The quantitative estimate of drug-likeness (QED) is 0.535. The molecule has 4 heteroatoms. The Bertz CT molecular complexity index is 415. The van der Waals surface area contributed by atoms with Crippen molar-refractivity contribution in [3.05, 3.63) is 33.8 Å². The van der Waals surface area contributed by atoms with Gasteiger partial charge in [-0.05, 0) is 18.6 Å². The Balaban J connectivity index is 2.14. The summed E-state index contributed by atoms with van der Waals surface area (Å²) in [5.41, 5.74) is 0.375. The summed E-state index contributed by atoms with van der Waals surface area (Å²) in [6.07, 6.45) is 10.00. The Morgan fingerprint density at radius 1 is 0.952 bits per heavy atom. The van der Waals surface area contributed by atoms with E-state index in [2.05, 4.69) is 12.2 Å². The van der Waals surface area contributed by atoms with Gasteiger partial charge in [-0.2, -0.15) is 0 Å². The summed E-state index contributed by atoms with van der Waals surface area (Å²) in [5, 5.41) is 3.68. The molecule has 0 saturated heterocycles. The van der Waals surface area contributed by atoms with E-state index in [0.29, 0.717) is 22.2 Å². The Labute approximate surface area is 138 Å². The highest BCUT2D eigenvalue weighted by Gasteiger charge is 2.13. The van der Waals surface area contributed by atoms with Crippen LogP contribution in [0.5, 0.6) is 0 Å². The molecule has 0 unspecified atom stereocenters. The fourth-order valence-electron chi connectivity index (χ4n) is 2.26. The second-order valence-corrected chi connectivity index (χ2v) is 6.14. The Hall–Kier alpha value is -0.730. The highest BCUT2D eigenvalue weighted by atomic mass is 35.5. The predicted octanol–water partition coefficient (Wildman–Crippen LogP) is 5.86. The monoisotopic (exact) mass is 329 g/mol. The lowest BCUT2D eigenvalue weighted by atomic mass is 10.1. The number of halogens is 2. The maximum absolute atomic E-state index is 12.0. The molecular weight excluding hydrogens is 305 g/mol. The largest absolute Gasteiger partial charge is 0.352 e. The topological polar surface area (TPSA) is 29.1 Å². The van der Waals surface area contributed by atoms with Crippen LogP contribution in [-0.2, 0) is 0 Å². The van der Waals surface area contributed by atoms with Gasteiger partial charge in [-0.15, -0.1) is 0 Å². The number of unbranched alkanes of at least 4 members (excludes halogenated alkanes) is 7. The molecule has 0 bridgehead atoms. The number of hydrogen-bond donors (Lipinski definition) is 1. The van der Waals surface area contributed by atoms with E-state index in [1.807, 2.05) is 0 Å². The molecule has 1 rings (SSSR count). The Morgan fingerprint density at radius 2 is 1.48 bits per heavy atom. The van der Waals surface area contributed by atoms with Gasteiger partial charge in [-0.1, -0.05) is 81.1 Å². The fraction of sp³-hybridized carbons (Fsp3) is 0.588. The number of nitrogens with one attached hydrogen (secondary N) is 1. The van der Waals surface area contributed by atoms with Gasteiger partial charge in [0.25, 0.3) is 5.91 Å². The van der Waals surface area contributed by atoms with Crippen molar-refractivity contribution in [2.24, 2.45) is 0 Å². The van der Waals surface area contributed by atoms with Crippen molar-refractivity contribution in [3.63, 3.8) is 0 Å². The van der Waals surface area contributed by atoms with Crippen molar-refractivity contribution in [1.29, 1.82) is 0 Å². The third kappa shape index (κ3) is 7.19. The first-order valence-electron chi connectivity index (χ1n) is 7.89. The summed E-state index contributed by atoms with van der Waals surface area (Å²) >= 11 is 12.0. The maximum atomic E-state index is 12.0. The van der Waals surface area contributed by atoms with Crippen molar-refractivity contribution in [3.8, 4) is 0 Å². The van der Waals surface area contributed by atoms with Crippen LogP contribution in [0.4, 0.5) is 0 Å². The van der Waals surface area contributed by atoms with Gasteiger partial charge in [-0.3, -0.25) is 4.79 Å². The van der Waals surface area contributed by atoms with E-state index >= 15 is 0 Å². The summed E-state index contributed by atoms with van der Waals surface area (Å²) < 4.78 is 0. The second kappa shape index (κ2) is 10.9. The second-order valence-electron chi connectivity index (χ2n) is 5.33. The molecule has 1 aromatic carbocycles. The highest BCUT2D eigenvalue weighted by molar-refractivity contribution is 6.39. The van der Waals surface area contributed by atoms with E-state index in [4.69, 9.17) is 23.2 Å². The summed E-state index contributed by atoms with van der Waals surface area (Å²) in [6, 6.07) is 5.09. The first-order valence-corrected chi connectivity index (χ1v) is 8.64. The van der Waals surface area contributed by atoms with Crippen LogP contribution in [0.2, 0.25) is 10.0 Å². The molecule has 0 aromatic heterocycles. The van der Waals surface area contributed by atoms with Crippen LogP contribution in [0.15, 0.2) is 18.2 Å². The Kier molecular flexibility index (Phi) is 9.53. The number of carbonyl (C=O) groups excluding carboxylic acids is 1.